The largest absolute Gasteiger partial charge is 0.357 e. The molecule has 2 N–H and O–H groups in total. The Labute approximate surface area is 172 Å². The molecule has 1 aliphatic rings. The number of likely N-dealkylation sites (tertiary alicyclic amines) is 1. The van der Waals surface area contributed by atoms with Gasteiger partial charge in [-0.25, -0.2) is 9.07 Å². The molecule has 1 saturated heterocycles. The number of nitrogens with zero attached hydrogens (tertiary/aromatic N) is 3. The average Bonchev–Trinajstić information content (AvgIpc) is 3.30. The number of carbonyl (C=O) groups excluding carboxylic acids is 3. The predicted molar refractivity (Wildman–Crippen MR) is 104 cm³/mol. The van der Waals surface area contributed by atoms with Gasteiger partial charge in [0.15, 0.2) is 0 Å². The van der Waals surface area contributed by atoms with E-state index in [9.17, 15) is 18.8 Å². The minimum absolute atomic E-state index is 0.0588. The van der Waals surface area contributed by atoms with Crippen LogP contribution in [0.1, 0.15) is 28.9 Å². The van der Waals surface area contributed by atoms with Crippen LogP contribution in [0, 0.1) is 12.7 Å². The van der Waals surface area contributed by atoms with Gasteiger partial charge in [0.05, 0.1) is 23.5 Å². The number of hydrogen-bond donors (Lipinski definition) is 2. The number of aromatic nitrogens is 2. The molecule has 1 fully saturated rings. The molecule has 1 aromatic carbocycles. The summed E-state index contributed by atoms with van der Waals surface area (Å²) in [5.41, 5.74) is 1.00. The molecule has 2 heterocycles. The van der Waals surface area contributed by atoms with Crippen LogP contribution in [0.4, 0.5) is 4.39 Å². The van der Waals surface area contributed by atoms with Gasteiger partial charge in [-0.1, -0.05) is 11.6 Å². The second kappa shape index (κ2) is 8.60. The third-order valence-electron chi connectivity index (χ3n) is 4.82. The average molecular weight is 422 g/mol. The van der Waals surface area contributed by atoms with Crippen molar-refractivity contribution in [3.8, 4) is 5.69 Å². The first-order valence-corrected chi connectivity index (χ1v) is 9.51. The fraction of sp³-hybridized carbons (Fsp3) is 0.368. The third kappa shape index (κ3) is 4.24. The molecular weight excluding hydrogens is 401 g/mol. The fourth-order valence-electron chi connectivity index (χ4n) is 3.36. The minimum atomic E-state index is -0.551. The minimum Gasteiger partial charge on any atom is -0.357 e. The first-order valence-electron chi connectivity index (χ1n) is 9.13. The second-order valence-corrected chi connectivity index (χ2v) is 7.04. The van der Waals surface area contributed by atoms with Crippen molar-refractivity contribution >= 4 is 29.3 Å². The second-order valence-electron chi connectivity index (χ2n) is 6.68. The molecule has 10 heteroatoms. The molecule has 0 bridgehead atoms. The molecule has 0 aliphatic carbocycles. The van der Waals surface area contributed by atoms with Crippen molar-refractivity contribution in [2.75, 3.05) is 20.1 Å². The Bertz CT molecular complexity index is 944. The molecule has 3 rings (SSSR count). The van der Waals surface area contributed by atoms with Crippen LogP contribution >= 0.6 is 11.6 Å². The van der Waals surface area contributed by atoms with Crippen molar-refractivity contribution < 1.29 is 18.8 Å². The Balaban J connectivity index is 1.70. The number of carbonyl (C=O) groups is 3. The van der Waals surface area contributed by atoms with E-state index in [1.54, 1.807) is 6.92 Å². The van der Waals surface area contributed by atoms with Crippen molar-refractivity contribution in [3.63, 3.8) is 0 Å². The van der Waals surface area contributed by atoms with Crippen LogP contribution < -0.4 is 10.6 Å². The molecule has 1 atom stereocenters. The third-order valence-corrected chi connectivity index (χ3v) is 5.17. The summed E-state index contributed by atoms with van der Waals surface area (Å²) in [5.74, 6) is -1.52. The molecule has 2 aromatic rings. The van der Waals surface area contributed by atoms with Gasteiger partial charge in [-0.3, -0.25) is 14.4 Å². The van der Waals surface area contributed by atoms with E-state index in [0.29, 0.717) is 24.3 Å². The van der Waals surface area contributed by atoms with E-state index in [-0.39, 0.29) is 29.1 Å². The maximum atomic E-state index is 13.1. The lowest BCUT2D eigenvalue weighted by molar-refractivity contribution is -0.137. The van der Waals surface area contributed by atoms with Gasteiger partial charge < -0.3 is 15.5 Å². The number of halogens is 2. The molecule has 1 unspecified atom stereocenters. The summed E-state index contributed by atoms with van der Waals surface area (Å²) in [6, 6.07) is 4.99. The number of hydrogen-bond acceptors (Lipinski definition) is 4. The highest BCUT2D eigenvalue weighted by atomic mass is 35.5. The number of nitrogens with one attached hydrogen (secondary N) is 2. The standard InChI is InChI=1S/C19H21ClFN5O3/c1-11-16(17(20)26(24-11)13-7-5-12(21)6-8-13)19(29)23-10-15(27)25-9-3-4-14(25)18(28)22-2/h5-8,14H,3-4,9-10H2,1-2H3,(H,22,28)(H,23,29). The van der Waals surface area contributed by atoms with Crippen molar-refractivity contribution in [1.29, 1.82) is 0 Å². The number of likely N-dealkylation sites (N-methyl/N-ethyl adjacent to an activating group) is 1. The van der Waals surface area contributed by atoms with Crippen molar-refractivity contribution in [1.82, 2.24) is 25.3 Å². The number of benzene rings is 1. The Kier molecular flexibility index (Phi) is 6.17. The van der Waals surface area contributed by atoms with Gasteiger partial charge in [-0.2, -0.15) is 5.10 Å². The van der Waals surface area contributed by atoms with Gasteiger partial charge in [-0.05, 0) is 44.0 Å². The quantitative estimate of drug-likeness (QED) is 0.763. The molecule has 154 valence electrons. The number of aryl methyl sites for hydroxylation is 1. The summed E-state index contributed by atoms with van der Waals surface area (Å²) < 4.78 is 14.5. The summed E-state index contributed by atoms with van der Waals surface area (Å²) >= 11 is 6.32. The van der Waals surface area contributed by atoms with Crippen molar-refractivity contribution in [2.45, 2.75) is 25.8 Å². The lowest BCUT2D eigenvalue weighted by atomic mass is 10.2. The fourth-order valence-corrected chi connectivity index (χ4v) is 3.72. The van der Waals surface area contributed by atoms with Crippen LogP contribution in [0.15, 0.2) is 24.3 Å². The summed E-state index contributed by atoms with van der Waals surface area (Å²) in [5, 5.41) is 9.39. The molecule has 0 spiro atoms. The van der Waals surface area contributed by atoms with Crippen molar-refractivity contribution in [3.05, 3.63) is 46.5 Å². The molecular formula is C19H21ClFN5O3. The zero-order valence-corrected chi connectivity index (χ0v) is 16.8. The van der Waals surface area contributed by atoms with E-state index in [1.165, 1.54) is 40.9 Å². The molecule has 8 nitrogen and oxygen atoms in total. The van der Waals surface area contributed by atoms with Crippen LogP contribution in [0.3, 0.4) is 0 Å². The van der Waals surface area contributed by atoms with E-state index in [1.807, 2.05) is 0 Å². The van der Waals surface area contributed by atoms with E-state index in [0.717, 1.165) is 6.42 Å². The normalized spacial score (nSPS) is 16.0. The van der Waals surface area contributed by atoms with Gasteiger partial charge in [-0.15, -0.1) is 0 Å². The lowest BCUT2D eigenvalue weighted by Gasteiger charge is -2.23. The summed E-state index contributed by atoms with van der Waals surface area (Å²) in [6.45, 7) is 1.82. The Hall–Kier alpha value is -2.94. The number of amides is 3. The van der Waals surface area contributed by atoms with E-state index in [4.69, 9.17) is 11.6 Å². The van der Waals surface area contributed by atoms with Crippen LogP contribution in [0.5, 0.6) is 0 Å². The van der Waals surface area contributed by atoms with Crippen molar-refractivity contribution in [2.24, 2.45) is 0 Å². The van der Waals surface area contributed by atoms with E-state index in [2.05, 4.69) is 15.7 Å². The molecule has 3 amide bonds. The smallest absolute Gasteiger partial charge is 0.256 e. The zero-order chi connectivity index (χ0) is 21.1. The van der Waals surface area contributed by atoms with Gasteiger partial charge in [0, 0.05) is 13.6 Å². The predicted octanol–water partition coefficient (Wildman–Crippen LogP) is 1.44. The van der Waals surface area contributed by atoms with Crippen LogP contribution in [0.25, 0.3) is 5.69 Å². The monoisotopic (exact) mass is 421 g/mol. The zero-order valence-electron chi connectivity index (χ0n) is 16.0. The first-order chi connectivity index (χ1) is 13.8. The summed E-state index contributed by atoms with van der Waals surface area (Å²) in [7, 11) is 1.52. The van der Waals surface area contributed by atoms with Crippen LogP contribution in [-0.2, 0) is 9.59 Å². The van der Waals surface area contributed by atoms with Gasteiger partial charge in [0.1, 0.15) is 17.0 Å². The maximum absolute atomic E-state index is 13.1. The van der Waals surface area contributed by atoms with Crippen LogP contribution in [-0.4, -0.2) is 58.6 Å². The molecule has 1 aliphatic heterocycles. The molecule has 1 aromatic heterocycles. The highest BCUT2D eigenvalue weighted by molar-refractivity contribution is 6.33. The highest BCUT2D eigenvalue weighted by Crippen LogP contribution is 2.24. The Morgan fingerprint density at radius 1 is 1.28 bits per heavy atom. The van der Waals surface area contributed by atoms with E-state index >= 15 is 0 Å². The number of rotatable bonds is 5. The molecule has 0 saturated carbocycles. The summed E-state index contributed by atoms with van der Waals surface area (Å²) in [6.07, 6.45) is 1.32. The van der Waals surface area contributed by atoms with Crippen LogP contribution in [0.2, 0.25) is 5.15 Å². The van der Waals surface area contributed by atoms with Gasteiger partial charge in [0.2, 0.25) is 11.8 Å². The van der Waals surface area contributed by atoms with E-state index < -0.39 is 17.8 Å². The first kappa shape index (κ1) is 20.8. The molecule has 0 radical (unpaired) electrons. The maximum Gasteiger partial charge on any atom is 0.256 e. The topological polar surface area (TPSA) is 96.3 Å². The SMILES string of the molecule is CNC(=O)C1CCCN1C(=O)CNC(=O)c1c(C)nn(-c2ccc(F)cc2)c1Cl. The Morgan fingerprint density at radius 2 is 1.97 bits per heavy atom. The molecule has 29 heavy (non-hydrogen) atoms. The Morgan fingerprint density at radius 3 is 2.62 bits per heavy atom. The van der Waals surface area contributed by atoms with Gasteiger partial charge >= 0.3 is 0 Å². The van der Waals surface area contributed by atoms with Gasteiger partial charge in [0.25, 0.3) is 5.91 Å². The lowest BCUT2D eigenvalue weighted by Crippen LogP contribution is -2.48. The summed E-state index contributed by atoms with van der Waals surface area (Å²) in [4.78, 5) is 38.5. The highest BCUT2D eigenvalue weighted by Gasteiger charge is 2.33.